The Bertz CT molecular complexity index is 728. The molecule has 1 N–H and O–H groups in total. The highest BCUT2D eigenvalue weighted by atomic mass is 32.1. The molecule has 3 atom stereocenters. The maximum Gasteiger partial charge on any atom is 0.199 e. The molecule has 1 aromatic carbocycles. The Morgan fingerprint density at radius 2 is 2.05 bits per heavy atom. The monoisotopic (exact) mass is 301 g/mol. The first-order chi connectivity index (χ1) is 10.1. The van der Waals surface area contributed by atoms with Gasteiger partial charge in [0.2, 0.25) is 0 Å². The summed E-state index contributed by atoms with van der Waals surface area (Å²) in [6, 6.07) is 6.33. The van der Waals surface area contributed by atoms with E-state index in [-0.39, 0.29) is 0 Å². The lowest BCUT2D eigenvalue weighted by Crippen LogP contribution is -2.19. The minimum Gasteiger partial charge on any atom is -0.374 e. The number of aromatic nitrogens is 3. The van der Waals surface area contributed by atoms with Crippen LogP contribution in [0.1, 0.15) is 42.1 Å². The fraction of sp³-hybridized carbons (Fsp3) is 0.500. The summed E-state index contributed by atoms with van der Waals surface area (Å²) in [5.41, 5.74) is 3.60. The highest BCUT2D eigenvalue weighted by Crippen LogP contribution is 2.44. The highest BCUT2D eigenvalue weighted by molar-refractivity contribution is 7.71. The summed E-state index contributed by atoms with van der Waals surface area (Å²) in [5, 5.41) is 7.53. The van der Waals surface area contributed by atoms with Crippen LogP contribution in [-0.4, -0.2) is 27.0 Å². The van der Waals surface area contributed by atoms with Crippen LogP contribution >= 0.6 is 12.2 Å². The zero-order valence-electron chi connectivity index (χ0n) is 12.3. The second-order valence-electron chi connectivity index (χ2n) is 6.18. The number of hydrogen-bond donors (Lipinski definition) is 1. The Kier molecular flexibility index (Phi) is 3.01. The van der Waals surface area contributed by atoms with E-state index in [4.69, 9.17) is 17.0 Å². The Morgan fingerprint density at radius 1 is 1.29 bits per heavy atom. The number of hydrogen-bond acceptors (Lipinski definition) is 3. The molecule has 2 aromatic rings. The lowest BCUT2D eigenvalue weighted by molar-refractivity contribution is 0.0997. The zero-order chi connectivity index (χ0) is 14.6. The Morgan fingerprint density at radius 3 is 2.67 bits per heavy atom. The first-order valence-corrected chi connectivity index (χ1v) is 7.95. The molecule has 5 heteroatoms. The van der Waals surface area contributed by atoms with Gasteiger partial charge in [-0.1, -0.05) is 18.2 Å². The van der Waals surface area contributed by atoms with Gasteiger partial charge in [0.05, 0.1) is 17.9 Å². The van der Waals surface area contributed by atoms with Crippen LogP contribution in [0.25, 0.3) is 5.69 Å². The van der Waals surface area contributed by atoms with Gasteiger partial charge in [0.15, 0.2) is 4.77 Å². The Labute approximate surface area is 129 Å². The van der Waals surface area contributed by atoms with Crippen LogP contribution in [0.4, 0.5) is 0 Å². The fourth-order valence-electron chi connectivity index (χ4n) is 3.84. The largest absolute Gasteiger partial charge is 0.374 e. The van der Waals surface area contributed by atoms with Gasteiger partial charge in [-0.2, -0.15) is 5.10 Å². The van der Waals surface area contributed by atoms with Crippen LogP contribution in [0.2, 0.25) is 0 Å². The molecule has 0 saturated carbocycles. The van der Waals surface area contributed by atoms with Crippen LogP contribution in [0, 0.1) is 18.6 Å². The smallest absolute Gasteiger partial charge is 0.199 e. The van der Waals surface area contributed by atoms with Gasteiger partial charge in [0.25, 0.3) is 0 Å². The van der Waals surface area contributed by atoms with Crippen molar-refractivity contribution in [2.24, 2.45) is 0 Å². The van der Waals surface area contributed by atoms with Crippen molar-refractivity contribution >= 4 is 12.2 Å². The standard InChI is InChI=1S/C16H19N3OS/c1-9-4-3-5-10(2)14(9)19-15(17-18-16(19)21)12-8-11-6-7-13(12)20-11/h3-5,11-13H,6-8H2,1-2H3,(H,18,21)/t11-,12-,13+/m0/s1. The highest BCUT2D eigenvalue weighted by Gasteiger charge is 2.43. The van der Waals surface area contributed by atoms with E-state index in [1.807, 2.05) is 0 Å². The molecule has 21 heavy (non-hydrogen) atoms. The molecule has 1 aromatic heterocycles. The molecule has 4 nitrogen and oxygen atoms in total. The minimum absolute atomic E-state index is 0.309. The molecular formula is C16H19N3OS. The van der Waals surface area contributed by atoms with Crippen LogP contribution < -0.4 is 0 Å². The summed E-state index contributed by atoms with van der Waals surface area (Å²) in [5.74, 6) is 1.39. The molecule has 2 bridgehead atoms. The summed E-state index contributed by atoms with van der Waals surface area (Å²) >= 11 is 5.50. The number of H-pyrrole nitrogens is 1. The van der Waals surface area contributed by atoms with E-state index in [9.17, 15) is 0 Å². The van der Waals surface area contributed by atoms with E-state index in [0.717, 1.165) is 24.4 Å². The summed E-state index contributed by atoms with van der Waals surface area (Å²) < 4.78 is 8.79. The van der Waals surface area contributed by atoms with Crippen molar-refractivity contribution in [1.29, 1.82) is 0 Å². The maximum absolute atomic E-state index is 6.00. The average Bonchev–Trinajstić information content (AvgIpc) is 3.15. The molecule has 0 amide bonds. The molecule has 2 aliphatic heterocycles. The van der Waals surface area contributed by atoms with Crippen LogP contribution in [-0.2, 0) is 4.74 Å². The van der Waals surface area contributed by atoms with Crippen molar-refractivity contribution in [3.8, 4) is 5.69 Å². The third-order valence-electron chi connectivity index (χ3n) is 4.80. The molecule has 110 valence electrons. The molecule has 0 radical (unpaired) electrons. The van der Waals surface area contributed by atoms with Gasteiger partial charge in [-0.25, -0.2) is 0 Å². The second kappa shape index (κ2) is 4.78. The van der Waals surface area contributed by atoms with E-state index in [1.165, 1.54) is 17.5 Å². The van der Waals surface area contributed by atoms with Gasteiger partial charge in [-0.15, -0.1) is 0 Å². The Hall–Kier alpha value is -1.46. The number of rotatable bonds is 2. The number of nitrogens with zero attached hydrogens (tertiary/aromatic N) is 2. The van der Waals surface area contributed by atoms with Crippen molar-refractivity contribution in [2.75, 3.05) is 0 Å². The lowest BCUT2D eigenvalue weighted by atomic mass is 9.88. The van der Waals surface area contributed by atoms with Crippen LogP contribution in [0.3, 0.4) is 0 Å². The minimum atomic E-state index is 0.309. The molecule has 0 spiro atoms. The first kappa shape index (κ1) is 13.2. The molecule has 0 aliphatic carbocycles. The van der Waals surface area contributed by atoms with Gasteiger partial charge in [-0.3, -0.25) is 9.67 Å². The fourth-order valence-corrected chi connectivity index (χ4v) is 4.07. The summed E-state index contributed by atoms with van der Waals surface area (Å²) in [4.78, 5) is 0. The van der Waals surface area contributed by atoms with Gasteiger partial charge < -0.3 is 4.74 Å². The van der Waals surface area contributed by atoms with Crippen molar-refractivity contribution in [1.82, 2.24) is 14.8 Å². The first-order valence-electron chi connectivity index (χ1n) is 7.54. The van der Waals surface area contributed by atoms with E-state index in [1.54, 1.807) is 0 Å². The predicted octanol–water partition coefficient (Wildman–Crippen LogP) is 3.58. The number of nitrogens with one attached hydrogen (secondary N) is 1. The Balaban J connectivity index is 1.87. The van der Waals surface area contributed by atoms with Crippen LogP contribution in [0.15, 0.2) is 18.2 Å². The molecule has 3 heterocycles. The van der Waals surface area contributed by atoms with E-state index < -0.39 is 0 Å². The zero-order valence-corrected chi connectivity index (χ0v) is 13.1. The van der Waals surface area contributed by atoms with Crippen molar-refractivity contribution in [3.05, 3.63) is 39.9 Å². The topological polar surface area (TPSA) is 42.8 Å². The van der Waals surface area contributed by atoms with Crippen molar-refractivity contribution in [2.45, 2.75) is 51.2 Å². The lowest BCUT2D eigenvalue weighted by Gasteiger charge is -2.20. The number of fused-ring (bicyclic) bond motifs is 2. The molecule has 2 aliphatic rings. The third-order valence-corrected chi connectivity index (χ3v) is 5.07. The van der Waals surface area contributed by atoms with Crippen LogP contribution in [0.5, 0.6) is 0 Å². The SMILES string of the molecule is Cc1cccc(C)c1-n1c([C@H]2C[C@@H]3CC[C@H]2O3)n[nH]c1=S. The number of para-hydroxylation sites is 1. The molecule has 2 fully saturated rings. The number of ether oxygens (including phenoxy) is 1. The maximum atomic E-state index is 6.00. The number of benzene rings is 1. The van der Waals surface area contributed by atoms with Gasteiger partial charge in [0, 0.05) is 5.92 Å². The van der Waals surface area contributed by atoms with Crippen molar-refractivity contribution in [3.63, 3.8) is 0 Å². The number of aromatic amines is 1. The average molecular weight is 301 g/mol. The number of aryl methyl sites for hydroxylation is 2. The predicted molar refractivity (Wildman–Crippen MR) is 83.5 cm³/mol. The molecule has 4 rings (SSSR count). The quantitative estimate of drug-likeness (QED) is 0.862. The van der Waals surface area contributed by atoms with Gasteiger partial charge in [-0.05, 0) is 56.5 Å². The van der Waals surface area contributed by atoms with Gasteiger partial charge in [0.1, 0.15) is 5.82 Å². The van der Waals surface area contributed by atoms with E-state index >= 15 is 0 Å². The van der Waals surface area contributed by atoms with Gasteiger partial charge >= 0.3 is 0 Å². The van der Waals surface area contributed by atoms with E-state index in [2.05, 4.69) is 46.8 Å². The second-order valence-corrected chi connectivity index (χ2v) is 6.57. The van der Waals surface area contributed by atoms with Crippen molar-refractivity contribution < 1.29 is 4.74 Å². The third kappa shape index (κ3) is 1.99. The summed E-state index contributed by atoms with van der Waals surface area (Å²) in [6.45, 7) is 4.25. The summed E-state index contributed by atoms with van der Waals surface area (Å²) in [7, 11) is 0. The normalized spacial score (nSPS) is 27.4. The van der Waals surface area contributed by atoms with E-state index in [0.29, 0.717) is 22.9 Å². The molecular weight excluding hydrogens is 282 g/mol. The molecule has 2 saturated heterocycles. The molecule has 0 unspecified atom stereocenters. The summed E-state index contributed by atoms with van der Waals surface area (Å²) in [6.07, 6.45) is 4.12.